The third-order valence-electron chi connectivity index (χ3n) is 9.87. The first-order valence-electron chi connectivity index (χ1n) is 11.1. The van der Waals surface area contributed by atoms with Crippen LogP contribution in [0, 0.1) is 34.0 Å². The number of epoxide rings is 1. The molecule has 5 rings (SSSR count). The van der Waals surface area contributed by atoms with E-state index in [0.29, 0.717) is 17.8 Å². The summed E-state index contributed by atoms with van der Waals surface area (Å²) < 4.78 is 17.4. The molecule has 156 valence electrons. The van der Waals surface area contributed by atoms with Crippen LogP contribution in [0.4, 0.5) is 0 Å². The number of hydrogen-bond donors (Lipinski definition) is 0. The maximum Gasteiger partial charge on any atom is 0.311 e. The summed E-state index contributed by atoms with van der Waals surface area (Å²) in [6, 6.07) is 0. The first-order valence-corrected chi connectivity index (χ1v) is 11.1. The zero-order valence-electron chi connectivity index (χ0n) is 17.7. The number of hydrogen-bond acceptors (Lipinski definition) is 5. The van der Waals surface area contributed by atoms with E-state index in [1.807, 2.05) is 0 Å². The summed E-state index contributed by atoms with van der Waals surface area (Å²) in [7, 11) is 1.52. The molecule has 8 atom stereocenters. The molecule has 0 radical (unpaired) electrons. The van der Waals surface area contributed by atoms with Crippen molar-refractivity contribution in [2.45, 2.75) is 83.8 Å². The maximum absolute atomic E-state index is 12.8. The molecule has 0 aromatic rings. The molecule has 1 heterocycles. The molecule has 0 unspecified atom stereocenters. The normalized spacial score (nSPS) is 53.9. The van der Waals surface area contributed by atoms with Crippen molar-refractivity contribution in [3.63, 3.8) is 0 Å². The van der Waals surface area contributed by atoms with Crippen LogP contribution in [0.3, 0.4) is 0 Å². The lowest BCUT2D eigenvalue weighted by atomic mass is 9.40. The van der Waals surface area contributed by atoms with Crippen LogP contribution in [0.1, 0.15) is 72.1 Å². The molecule has 4 aliphatic carbocycles. The number of carbonyl (C=O) groups is 2. The Morgan fingerprint density at radius 1 is 1.04 bits per heavy atom. The van der Waals surface area contributed by atoms with Crippen LogP contribution < -0.4 is 0 Å². The number of ether oxygens (including phenoxy) is 3. The highest BCUT2D eigenvalue weighted by atomic mass is 16.6. The van der Waals surface area contributed by atoms with Gasteiger partial charge >= 0.3 is 11.9 Å². The van der Waals surface area contributed by atoms with E-state index >= 15 is 0 Å². The van der Waals surface area contributed by atoms with Crippen LogP contribution in [-0.2, 0) is 23.8 Å². The minimum Gasteiger partial charge on any atom is -0.469 e. The molecule has 28 heavy (non-hydrogen) atoms. The molecule has 1 saturated heterocycles. The van der Waals surface area contributed by atoms with Gasteiger partial charge in [-0.3, -0.25) is 9.59 Å². The Hall–Kier alpha value is -1.10. The Balaban J connectivity index is 1.56. The predicted octanol–water partition coefficient (Wildman–Crippen LogP) is 3.88. The molecule has 2 bridgehead atoms. The number of esters is 2. The van der Waals surface area contributed by atoms with Gasteiger partial charge in [-0.1, -0.05) is 13.3 Å². The first-order chi connectivity index (χ1) is 13.2. The van der Waals surface area contributed by atoms with Gasteiger partial charge in [0.05, 0.1) is 19.1 Å². The Bertz CT molecular complexity index is 714. The second-order valence-electron chi connectivity index (χ2n) is 10.9. The SMILES string of the molecule is COC(=O)[C@]1(C)CCC[C@@]2(C)[C@@H]3CC[C@@H]4C[C@@]3(CC[C@@H]21)[C@@H](OC(C)=O)[C@@]41CO1. The third kappa shape index (κ3) is 2.12. The fourth-order valence-electron chi connectivity index (χ4n) is 8.88. The van der Waals surface area contributed by atoms with Gasteiger partial charge in [0, 0.05) is 12.3 Å². The zero-order chi connectivity index (χ0) is 19.9. The molecule has 1 aliphatic heterocycles. The molecule has 5 heteroatoms. The summed E-state index contributed by atoms with van der Waals surface area (Å²) in [6.45, 7) is 6.83. The van der Waals surface area contributed by atoms with E-state index in [2.05, 4.69) is 13.8 Å². The minimum atomic E-state index is -0.399. The molecule has 5 nitrogen and oxygen atoms in total. The smallest absolute Gasteiger partial charge is 0.311 e. The summed E-state index contributed by atoms with van der Waals surface area (Å²) in [4.78, 5) is 24.8. The summed E-state index contributed by atoms with van der Waals surface area (Å²) in [5, 5.41) is 0. The highest BCUT2D eigenvalue weighted by Crippen LogP contribution is 2.75. The van der Waals surface area contributed by atoms with Crippen molar-refractivity contribution in [3.05, 3.63) is 0 Å². The van der Waals surface area contributed by atoms with E-state index in [4.69, 9.17) is 14.2 Å². The number of carbonyl (C=O) groups excluding carboxylic acids is 2. The van der Waals surface area contributed by atoms with Gasteiger partial charge in [-0.25, -0.2) is 0 Å². The molecule has 4 saturated carbocycles. The van der Waals surface area contributed by atoms with Crippen molar-refractivity contribution in [1.29, 1.82) is 0 Å². The van der Waals surface area contributed by atoms with Crippen LogP contribution in [0.2, 0.25) is 0 Å². The average molecular weight is 391 g/mol. The Labute approximate surface area is 167 Å². The Morgan fingerprint density at radius 2 is 1.79 bits per heavy atom. The van der Waals surface area contributed by atoms with E-state index < -0.39 is 5.41 Å². The van der Waals surface area contributed by atoms with E-state index in [1.54, 1.807) is 0 Å². The van der Waals surface area contributed by atoms with Crippen molar-refractivity contribution in [2.75, 3.05) is 13.7 Å². The Kier molecular flexibility index (Phi) is 3.87. The second kappa shape index (κ2) is 5.74. The van der Waals surface area contributed by atoms with Gasteiger partial charge in [-0.15, -0.1) is 0 Å². The second-order valence-corrected chi connectivity index (χ2v) is 10.9. The summed E-state index contributed by atoms with van der Waals surface area (Å²) in [5.74, 6) is 1.10. The number of methoxy groups -OCH3 is 1. The first kappa shape index (κ1) is 18.9. The monoisotopic (exact) mass is 390 g/mol. The van der Waals surface area contributed by atoms with Gasteiger partial charge in [0.1, 0.15) is 11.7 Å². The minimum absolute atomic E-state index is 0.0186. The van der Waals surface area contributed by atoms with Gasteiger partial charge in [0.2, 0.25) is 0 Å². The molecule has 5 aliphatic rings. The molecular weight excluding hydrogens is 356 g/mol. The van der Waals surface area contributed by atoms with Crippen molar-refractivity contribution in [1.82, 2.24) is 0 Å². The van der Waals surface area contributed by atoms with Gasteiger partial charge in [0.25, 0.3) is 0 Å². The topological polar surface area (TPSA) is 65.1 Å². The molecule has 0 aromatic carbocycles. The lowest BCUT2D eigenvalue weighted by molar-refractivity contribution is -0.201. The van der Waals surface area contributed by atoms with Crippen LogP contribution in [-0.4, -0.2) is 37.4 Å². The predicted molar refractivity (Wildman–Crippen MR) is 102 cm³/mol. The molecule has 0 N–H and O–H groups in total. The van der Waals surface area contributed by atoms with Crippen molar-refractivity contribution in [3.8, 4) is 0 Å². The van der Waals surface area contributed by atoms with Crippen molar-refractivity contribution < 1.29 is 23.8 Å². The fourth-order valence-corrected chi connectivity index (χ4v) is 8.88. The van der Waals surface area contributed by atoms with Crippen LogP contribution >= 0.6 is 0 Å². The average Bonchev–Trinajstić information content (AvgIpc) is 3.43. The molecule has 0 aromatic heterocycles. The number of fused-ring (bicyclic) bond motifs is 4. The van der Waals surface area contributed by atoms with E-state index in [1.165, 1.54) is 14.0 Å². The standard InChI is InChI=1S/C23H34O5/c1-14(24)28-18-22-11-8-16-20(2,9-5-10-21(16,3)19(25)26-4)17(22)7-6-15(12-22)23(18)13-27-23/h15-18H,5-13H2,1-4H3/t15-,16+,17+,18-,20-,21-,22-,23-/m1/s1. The zero-order valence-corrected chi connectivity index (χ0v) is 17.7. The number of rotatable bonds is 2. The van der Waals surface area contributed by atoms with Crippen LogP contribution in [0.15, 0.2) is 0 Å². The lowest BCUT2D eigenvalue weighted by Crippen LogP contribution is -2.61. The third-order valence-corrected chi connectivity index (χ3v) is 9.87. The van der Waals surface area contributed by atoms with Gasteiger partial charge in [0.15, 0.2) is 0 Å². The van der Waals surface area contributed by atoms with E-state index in [0.717, 1.165) is 58.0 Å². The quantitative estimate of drug-likeness (QED) is 0.529. The van der Waals surface area contributed by atoms with E-state index in [9.17, 15) is 9.59 Å². The van der Waals surface area contributed by atoms with Crippen LogP contribution in [0.5, 0.6) is 0 Å². The summed E-state index contributed by atoms with van der Waals surface area (Å²) in [6.07, 6.45) is 8.51. The van der Waals surface area contributed by atoms with Crippen molar-refractivity contribution >= 4 is 11.9 Å². The molecule has 5 fully saturated rings. The largest absolute Gasteiger partial charge is 0.469 e. The highest BCUT2D eigenvalue weighted by molar-refractivity contribution is 5.77. The maximum atomic E-state index is 12.8. The fraction of sp³-hybridized carbons (Fsp3) is 0.913. The molecule has 2 spiro atoms. The van der Waals surface area contributed by atoms with E-state index in [-0.39, 0.29) is 34.5 Å². The van der Waals surface area contributed by atoms with Gasteiger partial charge < -0.3 is 14.2 Å². The molecule has 0 amide bonds. The summed E-state index contributed by atoms with van der Waals surface area (Å²) >= 11 is 0. The van der Waals surface area contributed by atoms with Crippen molar-refractivity contribution in [2.24, 2.45) is 34.0 Å². The Morgan fingerprint density at radius 3 is 2.43 bits per heavy atom. The molecular formula is C23H34O5. The summed E-state index contributed by atoms with van der Waals surface area (Å²) in [5.41, 5.74) is -0.513. The lowest BCUT2D eigenvalue weighted by Gasteiger charge is -2.64. The van der Waals surface area contributed by atoms with Gasteiger partial charge in [-0.05, 0) is 75.0 Å². The highest BCUT2D eigenvalue weighted by Gasteiger charge is 2.78. The van der Waals surface area contributed by atoms with Gasteiger partial charge in [-0.2, -0.15) is 0 Å². The van der Waals surface area contributed by atoms with Crippen LogP contribution in [0.25, 0.3) is 0 Å².